The summed E-state index contributed by atoms with van der Waals surface area (Å²) in [4.78, 5) is 28.0. The lowest BCUT2D eigenvalue weighted by Gasteiger charge is -2.47. The second-order valence-electron chi connectivity index (χ2n) is 6.41. The highest BCUT2D eigenvalue weighted by molar-refractivity contribution is 5.95. The zero-order valence-corrected chi connectivity index (χ0v) is 14.1. The summed E-state index contributed by atoms with van der Waals surface area (Å²) in [6.07, 6.45) is 1.92. The molecule has 0 unspecified atom stereocenters. The van der Waals surface area contributed by atoms with Crippen LogP contribution in [0.15, 0.2) is 30.3 Å². The number of benzene rings is 1. The average molecular weight is 332 g/mol. The minimum absolute atomic E-state index is 0.00887. The van der Waals surface area contributed by atoms with Crippen molar-refractivity contribution in [3.05, 3.63) is 30.3 Å². The molecule has 2 heterocycles. The van der Waals surface area contributed by atoms with Crippen molar-refractivity contribution in [2.24, 2.45) is 0 Å². The van der Waals surface area contributed by atoms with Gasteiger partial charge >= 0.3 is 0 Å². The van der Waals surface area contributed by atoms with Gasteiger partial charge in [0.1, 0.15) is 6.61 Å². The van der Waals surface area contributed by atoms with Gasteiger partial charge in [-0.05, 0) is 25.0 Å². The molecular weight excluding hydrogens is 308 g/mol. The van der Waals surface area contributed by atoms with E-state index in [-0.39, 0.29) is 24.0 Å². The van der Waals surface area contributed by atoms with Crippen LogP contribution in [0.3, 0.4) is 0 Å². The Morgan fingerprint density at radius 2 is 1.96 bits per heavy atom. The molecule has 130 valence electrons. The first kappa shape index (κ1) is 16.9. The van der Waals surface area contributed by atoms with E-state index in [1.54, 1.807) is 7.11 Å². The molecule has 0 N–H and O–H groups in total. The fraction of sp³-hybridized carbons (Fsp3) is 0.556. The second-order valence-corrected chi connectivity index (χ2v) is 6.41. The molecule has 0 bridgehead atoms. The second kappa shape index (κ2) is 7.32. The fourth-order valence-electron chi connectivity index (χ4n) is 3.37. The van der Waals surface area contributed by atoms with Crippen LogP contribution < -0.4 is 4.90 Å². The maximum atomic E-state index is 12.2. The summed E-state index contributed by atoms with van der Waals surface area (Å²) in [7, 11) is 1.60. The molecule has 0 radical (unpaired) electrons. The van der Waals surface area contributed by atoms with E-state index in [1.165, 1.54) is 0 Å². The molecule has 6 nitrogen and oxygen atoms in total. The van der Waals surface area contributed by atoms with E-state index < -0.39 is 0 Å². The van der Waals surface area contributed by atoms with Crippen LogP contribution in [0.2, 0.25) is 0 Å². The largest absolute Gasteiger partial charge is 0.384 e. The van der Waals surface area contributed by atoms with Crippen molar-refractivity contribution >= 4 is 17.5 Å². The maximum Gasteiger partial charge on any atom is 0.253 e. The third kappa shape index (κ3) is 3.60. The lowest BCUT2D eigenvalue weighted by atomic mass is 9.89. The van der Waals surface area contributed by atoms with E-state index in [0.717, 1.165) is 18.5 Å². The van der Waals surface area contributed by atoms with E-state index in [4.69, 9.17) is 9.47 Å². The normalized spacial score (nSPS) is 20.5. The maximum absolute atomic E-state index is 12.2. The van der Waals surface area contributed by atoms with Crippen LogP contribution in [0.4, 0.5) is 5.69 Å². The number of morpholine rings is 1. The molecule has 1 aromatic rings. The number of likely N-dealkylation sites (tertiary alicyclic amines) is 1. The number of ether oxygens (including phenoxy) is 2. The number of anilines is 1. The van der Waals surface area contributed by atoms with Gasteiger partial charge in [0.2, 0.25) is 5.91 Å². The van der Waals surface area contributed by atoms with Gasteiger partial charge in [0, 0.05) is 25.9 Å². The Balaban J connectivity index is 1.63. The van der Waals surface area contributed by atoms with Gasteiger partial charge in [-0.15, -0.1) is 0 Å². The van der Waals surface area contributed by atoms with Crippen LogP contribution >= 0.6 is 0 Å². The number of piperidine rings is 1. The number of amides is 2. The number of rotatable bonds is 4. The van der Waals surface area contributed by atoms with E-state index in [9.17, 15) is 9.59 Å². The summed E-state index contributed by atoms with van der Waals surface area (Å²) < 4.78 is 10.9. The van der Waals surface area contributed by atoms with Gasteiger partial charge in [0.15, 0.2) is 0 Å². The molecule has 0 saturated carbocycles. The molecule has 2 amide bonds. The van der Waals surface area contributed by atoms with Crippen molar-refractivity contribution < 1.29 is 19.1 Å². The predicted molar refractivity (Wildman–Crippen MR) is 89.8 cm³/mol. The quantitative estimate of drug-likeness (QED) is 0.837. The Bertz CT molecular complexity index is 582. The predicted octanol–water partition coefficient (Wildman–Crippen LogP) is 1.45. The van der Waals surface area contributed by atoms with Crippen LogP contribution in [-0.2, 0) is 19.1 Å². The fourth-order valence-corrected chi connectivity index (χ4v) is 3.37. The summed E-state index contributed by atoms with van der Waals surface area (Å²) in [6.45, 7) is 2.44. The Hall–Kier alpha value is -1.92. The minimum atomic E-state index is -0.345. The number of hydrogen-bond donors (Lipinski definition) is 0. The summed E-state index contributed by atoms with van der Waals surface area (Å²) in [5.74, 6) is 0.115. The molecule has 0 aromatic heterocycles. The SMILES string of the molecule is COCCC(=O)N1CCC2(CC1)CN(c1ccccc1)C(=O)CO2. The van der Waals surface area contributed by atoms with Gasteiger partial charge in [0.05, 0.1) is 25.2 Å². The summed E-state index contributed by atoms with van der Waals surface area (Å²) in [5.41, 5.74) is 0.561. The molecular formula is C18H24N2O4. The standard InChI is InChI=1S/C18H24N2O4/c1-23-12-7-16(21)19-10-8-18(9-11-19)14-20(17(22)13-24-18)15-5-3-2-4-6-15/h2-6H,7-14H2,1H3. The lowest BCUT2D eigenvalue weighted by Crippen LogP contribution is -2.59. The molecule has 24 heavy (non-hydrogen) atoms. The van der Waals surface area contributed by atoms with Crippen LogP contribution in [0, 0.1) is 0 Å². The van der Waals surface area contributed by atoms with Crippen LogP contribution in [0.25, 0.3) is 0 Å². The van der Waals surface area contributed by atoms with E-state index >= 15 is 0 Å². The van der Waals surface area contributed by atoms with E-state index in [0.29, 0.717) is 32.7 Å². The van der Waals surface area contributed by atoms with Gasteiger partial charge in [0.25, 0.3) is 5.91 Å². The lowest BCUT2D eigenvalue weighted by molar-refractivity contribution is -0.150. The molecule has 2 aliphatic heterocycles. The first-order chi connectivity index (χ1) is 11.6. The first-order valence-corrected chi connectivity index (χ1v) is 8.40. The van der Waals surface area contributed by atoms with Crippen molar-refractivity contribution in [2.75, 3.05) is 44.9 Å². The Kier molecular flexibility index (Phi) is 5.16. The molecule has 0 aliphatic carbocycles. The summed E-state index contributed by atoms with van der Waals surface area (Å²) in [6, 6.07) is 9.69. The smallest absolute Gasteiger partial charge is 0.253 e. The van der Waals surface area contributed by atoms with E-state index in [2.05, 4.69) is 0 Å². The molecule has 1 spiro atoms. The number of carbonyl (C=O) groups excluding carboxylic acids is 2. The van der Waals surface area contributed by atoms with Gasteiger partial charge in [-0.2, -0.15) is 0 Å². The Labute approximate surface area is 142 Å². The number of nitrogens with zero attached hydrogens (tertiary/aromatic N) is 2. The molecule has 1 aromatic carbocycles. The van der Waals surface area contributed by atoms with Gasteiger partial charge < -0.3 is 19.3 Å². The topological polar surface area (TPSA) is 59.1 Å². The van der Waals surface area contributed by atoms with Crippen molar-refractivity contribution in [2.45, 2.75) is 24.9 Å². The monoisotopic (exact) mass is 332 g/mol. The molecule has 2 fully saturated rings. The van der Waals surface area contributed by atoms with Gasteiger partial charge in [-0.25, -0.2) is 0 Å². The summed E-state index contributed by atoms with van der Waals surface area (Å²) in [5, 5.41) is 0. The molecule has 3 rings (SSSR count). The molecule has 2 aliphatic rings. The zero-order valence-electron chi connectivity index (χ0n) is 14.1. The third-order valence-corrected chi connectivity index (χ3v) is 4.86. The minimum Gasteiger partial charge on any atom is -0.384 e. The van der Waals surface area contributed by atoms with Crippen LogP contribution in [0.1, 0.15) is 19.3 Å². The Morgan fingerprint density at radius 3 is 2.62 bits per heavy atom. The van der Waals surface area contributed by atoms with Crippen molar-refractivity contribution in [3.63, 3.8) is 0 Å². The van der Waals surface area contributed by atoms with Crippen LogP contribution in [-0.4, -0.2) is 62.3 Å². The van der Waals surface area contributed by atoms with Gasteiger partial charge in [-0.1, -0.05) is 18.2 Å². The highest BCUT2D eigenvalue weighted by Gasteiger charge is 2.43. The number of methoxy groups -OCH3 is 1. The van der Waals surface area contributed by atoms with Crippen molar-refractivity contribution in [1.82, 2.24) is 4.90 Å². The molecule has 0 atom stereocenters. The van der Waals surface area contributed by atoms with Crippen molar-refractivity contribution in [1.29, 1.82) is 0 Å². The molecule has 6 heteroatoms. The summed E-state index contributed by atoms with van der Waals surface area (Å²) >= 11 is 0. The highest BCUT2D eigenvalue weighted by Crippen LogP contribution is 2.32. The first-order valence-electron chi connectivity index (χ1n) is 8.40. The third-order valence-electron chi connectivity index (χ3n) is 4.86. The van der Waals surface area contributed by atoms with Crippen molar-refractivity contribution in [3.8, 4) is 0 Å². The Morgan fingerprint density at radius 1 is 1.25 bits per heavy atom. The zero-order chi connectivity index (χ0) is 17.0. The number of para-hydroxylation sites is 1. The highest BCUT2D eigenvalue weighted by atomic mass is 16.5. The molecule has 2 saturated heterocycles. The number of hydrogen-bond acceptors (Lipinski definition) is 4. The van der Waals surface area contributed by atoms with Crippen LogP contribution in [0.5, 0.6) is 0 Å². The van der Waals surface area contributed by atoms with Gasteiger partial charge in [-0.3, -0.25) is 9.59 Å². The average Bonchev–Trinajstić information content (AvgIpc) is 2.63. The van der Waals surface area contributed by atoms with E-state index in [1.807, 2.05) is 40.1 Å². The number of carbonyl (C=O) groups is 2.